The first-order chi connectivity index (χ1) is 16.6. The van der Waals surface area contributed by atoms with Crippen LogP contribution in [0, 0.1) is 0 Å². The van der Waals surface area contributed by atoms with E-state index in [9.17, 15) is 0 Å². The third-order valence-electron chi connectivity index (χ3n) is 7.37. The van der Waals surface area contributed by atoms with Gasteiger partial charge in [0.2, 0.25) is 0 Å². The summed E-state index contributed by atoms with van der Waals surface area (Å²) in [7, 11) is 1.81. The molecule has 0 amide bonds. The Morgan fingerprint density at radius 2 is 1.50 bits per heavy atom. The van der Waals surface area contributed by atoms with Crippen LogP contribution < -0.4 is 9.47 Å². The van der Waals surface area contributed by atoms with Gasteiger partial charge in [0.15, 0.2) is 0 Å². The third-order valence-corrected chi connectivity index (χ3v) is 7.37. The molecule has 4 nitrogen and oxygen atoms in total. The monoisotopic (exact) mass is 457 g/mol. The average Bonchev–Trinajstić information content (AvgIpc) is 3.37. The van der Waals surface area contributed by atoms with Crippen molar-refractivity contribution < 1.29 is 14.2 Å². The zero-order valence-electron chi connectivity index (χ0n) is 20.5. The Labute approximate surface area is 203 Å². The second-order valence-corrected chi connectivity index (χ2v) is 9.88. The highest BCUT2D eigenvalue weighted by molar-refractivity contribution is 5.56. The molecule has 2 aliphatic rings. The minimum atomic E-state index is -0.774. The highest BCUT2D eigenvalue weighted by atomic mass is 16.5. The Balaban J connectivity index is 1.64. The van der Waals surface area contributed by atoms with E-state index in [4.69, 9.17) is 14.2 Å². The van der Waals surface area contributed by atoms with E-state index >= 15 is 0 Å². The molecule has 3 aromatic rings. The molecule has 0 aliphatic carbocycles. The summed E-state index contributed by atoms with van der Waals surface area (Å²) in [5.41, 5.74) is 1.95. The lowest BCUT2D eigenvalue weighted by molar-refractivity contribution is -0.0891. The number of fused-ring (bicyclic) bond motifs is 1. The number of ether oxygens (including phenoxy) is 3. The van der Waals surface area contributed by atoms with Crippen molar-refractivity contribution >= 4 is 0 Å². The van der Waals surface area contributed by atoms with Crippen LogP contribution >= 0.6 is 0 Å². The summed E-state index contributed by atoms with van der Waals surface area (Å²) in [6, 6.07) is 27.2. The third kappa shape index (κ3) is 3.99. The van der Waals surface area contributed by atoms with E-state index in [1.165, 1.54) is 31.5 Å². The molecule has 0 spiro atoms. The molecule has 2 atom stereocenters. The number of rotatable bonds is 7. The fourth-order valence-electron chi connectivity index (χ4n) is 5.96. The Morgan fingerprint density at radius 3 is 2.24 bits per heavy atom. The fourth-order valence-corrected chi connectivity index (χ4v) is 5.96. The van der Waals surface area contributed by atoms with E-state index in [1.807, 2.05) is 25.3 Å². The van der Waals surface area contributed by atoms with Crippen molar-refractivity contribution in [3.63, 3.8) is 0 Å². The molecule has 0 saturated carbocycles. The van der Waals surface area contributed by atoms with Gasteiger partial charge in [-0.3, -0.25) is 4.90 Å². The molecule has 2 unspecified atom stereocenters. The standard InChI is InChI=1S/C30H35NO3/c1-29(2)28(23-13-5-4-6-14-23)30(32-3,25-16-8-10-18-27(25)34-29)24-15-7-9-17-26(24)33-22-21-31-19-11-12-20-31/h4-10,13-18,28H,11-12,19-22H2,1-3H3. The van der Waals surface area contributed by atoms with Crippen molar-refractivity contribution in [2.45, 2.75) is 43.8 Å². The van der Waals surface area contributed by atoms with E-state index in [1.54, 1.807) is 0 Å². The van der Waals surface area contributed by atoms with Crippen LogP contribution in [0.25, 0.3) is 0 Å². The van der Waals surface area contributed by atoms with Gasteiger partial charge in [-0.2, -0.15) is 0 Å². The summed E-state index contributed by atoms with van der Waals surface area (Å²) in [4.78, 5) is 2.48. The number of likely N-dealkylation sites (tertiary alicyclic amines) is 1. The Kier molecular flexibility index (Phi) is 6.37. The van der Waals surface area contributed by atoms with Gasteiger partial charge in [0.1, 0.15) is 29.3 Å². The van der Waals surface area contributed by atoms with Gasteiger partial charge in [-0.1, -0.05) is 66.7 Å². The van der Waals surface area contributed by atoms with Gasteiger partial charge in [0.25, 0.3) is 0 Å². The zero-order chi connectivity index (χ0) is 23.6. The van der Waals surface area contributed by atoms with Crippen molar-refractivity contribution in [2.75, 3.05) is 33.4 Å². The quantitative estimate of drug-likeness (QED) is 0.435. The number of para-hydroxylation sites is 2. The lowest BCUT2D eigenvalue weighted by Crippen LogP contribution is -2.53. The smallest absolute Gasteiger partial charge is 0.135 e. The Hall–Kier alpha value is -2.82. The Morgan fingerprint density at radius 1 is 0.853 bits per heavy atom. The molecule has 178 valence electrons. The molecule has 1 fully saturated rings. The first-order valence-corrected chi connectivity index (χ1v) is 12.4. The zero-order valence-corrected chi connectivity index (χ0v) is 20.5. The molecule has 1 saturated heterocycles. The normalized spacial score (nSPS) is 23.8. The van der Waals surface area contributed by atoms with E-state index in [-0.39, 0.29) is 5.92 Å². The highest BCUT2D eigenvalue weighted by Crippen LogP contribution is 2.58. The first-order valence-electron chi connectivity index (χ1n) is 12.4. The van der Waals surface area contributed by atoms with E-state index in [2.05, 4.69) is 79.4 Å². The summed E-state index contributed by atoms with van der Waals surface area (Å²) in [5.74, 6) is 1.63. The van der Waals surface area contributed by atoms with Crippen LogP contribution in [-0.4, -0.2) is 43.9 Å². The van der Waals surface area contributed by atoms with Gasteiger partial charge >= 0.3 is 0 Å². The number of benzene rings is 3. The van der Waals surface area contributed by atoms with E-state index < -0.39 is 11.2 Å². The van der Waals surface area contributed by atoms with Crippen LogP contribution in [0.4, 0.5) is 0 Å². The maximum atomic E-state index is 6.64. The van der Waals surface area contributed by atoms with Crippen molar-refractivity contribution in [1.82, 2.24) is 4.90 Å². The second-order valence-electron chi connectivity index (χ2n) is 9.88. The topological polar surface area (TPSA) is 30.9 Å². The highest BCUT2D eigenvalue weighted by Gasteiger charge is 2.57. The summed E-state index contributed by atoms with van der Waals surface area (Å²) in [6.07, 6.45) is 2.57. The van der Waals surface area contributed by atoms with E-state index in [0.29, 0.717) is 6.61 Å². The molecule has 3 aromatic carbocycles. The van der Waals surface area contributed by atoms with Gasteiger partial charge in [-0.25, -0.2) is 0 Å². The van der Waals surface area contributed by atoms with Crippen LogP contribution in [0.1, 0.15) is 49.3 Å². The lowest BCUT2D eigenvalue weighted by Gasteiger charge is -2.52. The molecule has 34 heavy (non-hydrogen) atoms. The number of hydrogen-bond donors (Lipinski definition) is 0. The molecular formula is C30H35NO3. The van der Waals surface area contributed by atoms with Crippen LogP contribution in [0.5, 0.6) is 11.5 Å². The minimum absolute atomic E-state index is 0.0931. The van der Waals surface area contributed by atoms with Crippen LogP contribution in [-0.2, 0) is 10.3 Å². The van der Waals surface area contributed by atoms with Crippen LogP contribution in [0.2, 0.25) is 0 Å². The molecule has 0 aromatic heterocycles. The number of methoxy groups -OCH3 is 1. The fraction of sp³-hybridized carbons (Fsp3) is 0.400. The number of hydrogen-bond acceptors (Lipinski definition) is 4. The molecule has 4 heteroatoms. The van der Waals surface area contributed by atoms with E-state index in [0.717, 1.165) is 29.2 Å². The molecular weight excluding hydrogens is 422 g/mol. The molecule has 2 aliphatic heterocycles. The van der Waals surface area contributed by atoms with Crippen molar-refractivity contribution in [3.05, 3.63) is 95.6 Å². The minimum Gasteiger partial charge on any atom is -0.492 e. The molecule has 5 rings (SSSR count). The summed E-state index contributed by atoms with van der Waals surface area (Å²) < 4.78 is 19.8. The van der Waals surface area contributed by atoms with Crippen molar-refractivity contribution in [3.8, 4) is 11.5 Å². The lowest BCUT2D eigenvalue weighted by atomic mass is 9.64. The van der Waals surface area contributed by atoms with Crippen LogP contribution in [0.3, 0.4) is 0 Å². The van der Waals surface area contributed by atoms with Crippen molar-refractivity contribution in [2.24, 2.45) is 0 Å². The summed E-state index contributed by atoms with van der Waals surface area (Å²) in [5, 5.41) is 0. The summed E-state index contributed by atoms with van der Waals surface area (Å²) in [6.45, 7) is 8.26. The van der Waals surface area contributed by atoms with Gasteiger partial charge in [-0.05, 0) is 57.5 Å². The van der Waals surface area contributed by atoms with Gasteiger partial charge in [0, 0.05) is 24.8 Å². The number of nitrogens with zero attached hydrogens (tertiary/aromatic N) is 1. The molecule has 0 bridgehead atoms. The van der Waals surface area contributed by atoms with Crippen LogP contribution in [0.15, 0.2) is 78.9 Å². The van der Waals surface area contributed by atoms with Gasteiger partial charge < -0.3 is 14.2 Å². The SMILES string of the molecule is COC1(c2ccccc2OCCN2CCCC2)c2ccccc2OC(C)(C)C1c1ccccc1. The summed E-state index contributed by atoms with van der Waals surface area (Å²) >= 11 is 0. The van der Waals surface area contributed by atoms with Crippen molar-refractivity contribution in [1.29, 1.82) is 0 Å². The molecule has 0 N–H and O–H groups in total. The molecule has 2 heterocycles. The average molecular weight is 458 g/mol. The maximum absolute atomic E-state index is 6.64. The predicted molar refractivity (Wildman–Crippen MR) is 136 cm³/mol. The predicted octanol–water partition coefficient (Wildman–Crippen LogP) is 6.01. The largest absolute Gasteiger partial charge is 0.492 e. The van der Waals surface area contributed by atoms with Gasteiger partial charge in [0.05, 0.1) is 5.92 Å². The molecule has 0 radical (unpaired) electrons. The second kappa shape index (κ2) is 9.44. The first kappa shape index (κ1) is 22.9. The van der Waals surface area contributed by atoms with Gasteiger partial charge in [-0.15, -0.1) is 0 Å². The maximum Gasteiger partial charge on any atom is 0.135 e. The Bertz CT molecular complexity index is 1110.